The van der Waals surface area contributed by atoms with E-state index in [4.69, 9.17) is 5.73 Å². The maximum Gasteiger partial charge on any atom is 0.0924 e. The van der Waals surface area contributed by atoms with Crippen molar-refractivity contribution in [3.63, 3.8) is 0 Å². The molecule has 3 rings (SSSR count). The van der Waals surface area contributed by atoms with Gasteiger partial charge in [0.2, 0.25) is 0 Å². The van der Waals surface area contributed by atoms with Crippen molar-refractivity contribution < 1.29 is 0 Å². The van der Waals surface area contributed by atoms with Crippen LogP contribution in [0.5, 0.6) is 0 Å². The lowest BCUT2D eigenvalue weighted by atomic mass is 9.84. The molecule has 0 aromatic carbocycles. The van der Waals surface area contributed by atoms with Crippen molar-refractivity contribution >= 4 is 6.08 Å². The Hall–Kier alpha value is -1.09. The summed E-state index contributed by atoms with van der Waals surface area (Å²) in [5.74, 6) is 1.71. The van der Waals surface area contributed by atoms with E-state index in [0.29, 0.717) is 6.04 Å². The van der Waals surface area contributed by atoms with E-state index < -0.39 is 0 Å². The van der Waals surface area contributed by atoms with Crippen molar-refractivity contribution in [1.82, 2.24) is 9.97 Å². The second-order valence-electron chi connectivity index (χ2n) is 7.04. The fraction of sp³-hybridized carbons (Fsp3) is 0.722. The second kappa shape index (κ2) is 7.26. The fourth-order valence-electron chi connectivity index (χ4n) is 3.71. The largest absolute Gasteiger partial charge is 0.345 e. The Kier molecular flexibility index (Phi) is 5.13. The van der Waals surface area contributed by atoms with Gasteiger partial charge in [-0.25, -0.2) is 4.98 Å². The molecule has 0 saturated heterocycles. The highest BCUT2D eigenvalue weighted by atomic mass is 14.8. The van der Waals surface area contributed by atoms with Gasteiger partial charge in [0, 0.05) is 6.04 Å². The number of H-pyrrole nitrogens is 1. The molecule has 0 radical (unpaired) electrons. The van der Waals surface area contributed by atoms with E-state index >= 15 is 0 Å². The minimum atomic E-state index is 0.386. The van der Waals surface area contributed by atoms with E-state index in [9.17, 15) is 0 Å². The molecule has 1 atom stereocenters. The molecule has 0 amide bonds. The Balaban J connectivity index is 1.47. The highest BCUT2D eigenvalue weighted by Gasteiger charge is 2.26. The third-order valence-corrected chi connectivity index (χ3v) is 5.13. The molecular formula is C18H29N3. The van der Waals surface area contributed by atoms with Crippen molar-refractivity contribution in [2.24, 2.45) is 17.6 Å². The van der Waals surface area contributed by atoms with Crippen LogP contribution in [0.15, 0.2) is 18.1 Å². The van der Waals surface area contributed by atoms with Crippen LogP contribution in [-0.2, 0) is 0 Å². The van der Waals surface area contributed by atoms with Crippen molar-refractivity contribution in [3.8, 4) is 0 Å². The molecule has 116 valence electrons. The summed E-state index contributed by atoms with van der Waals surface area (Å²) >= 11 is 0. The van der Waals surface area contributed by atoms with E-state index in [0.717, 1.165) is 30.4 Å². The van der Waals surface area contributed by atoms with E-state index in [1.54, 1.807) is 11.9 Å². The van der Waals surface area contributed by atoms with Gasteiger partial charge in [0.15, 0.2) is 0 Å². The number of rotatable bonds is 7. The first kappa shape index (κ1) is 14.8. The van der Waals surface area contributed by atoms with Gasteiger partial charge in [-0.2, -0.15) is 0 Å². The monoisotopic (exact) mass is 287 g/mol. The molecule has 2 aliphatic rings. The first-order valence-corrected chi connectivity index (χ1v) is 8.75. The van der Waals surface area contributed by atoms with Gasteiger partial charge < -0.3 is 10.7 Å². The Morgan fingerprint density at radius 3 is 2.76 bits per heavy atom. The number of aromatic amines is 1. The molecule has 0 bridgehead atoms. The van der Waals surface area contributed by atoms with Gasteiger partial charge in [-0.05, 0) is 50.0 Å². The summed E-state index contributed by atoms with van der Waals surface area (Å²) in [6, 6.07) is 0.386. The number of imidazole rings is 1. The highest BCUT2D eigenvalue weighted by molar-refractivity contribution is 5.49. The summed E-state index contributed by atoms with van der Waals surface area (Å²) < 4.78 is 0. The van der Waals surface area contributed by atoms with Crippen LogP contribution < -0.4 is 5.73 Å². The Morgan fingerprint density at radius 1 is 1.29 bits per heavy atom. The van der Waals surface area contributed by atoms with Gasteiger partial charge in [-0.1, -0.05) is 37.7 Å². The van der Waals surface area contributed by atoms with Gasteiger partial charge in [-0.15, -0.1) is 0 Å². The minimum absolute atomic E-state index is 0.386. The molecule has 2 aliphatic carbocycles. The number of nitrogens with zero attached hydrogens (tertiary/aromatic N) is 1. The summed E-state index contributed by atoms with van der Waals surface area (Å²) in [6.45, 7) is 0. The zero-order chi connectivity index (χ0) is 14.5. The lowest BCUT2D eigenvalue weighted by molar-refractivity contribution is 0.312. The molecule has 3 heteroatoms. The highest BCUT2D eigenvalue weighted by Crippen LogP contribution is 2.40. The summed E-state index contributed by atoms with van der Waals surface area (Å²) in [7, 11) is 0. The quantitative estimate of drug-likeness (QED) is 0.786. The van der Waals surface area contributed by atoms with Crippen molar-refractivity contribution in [1.29, 1.82) is 0 Å². The molecule has 2 saturated carbocycles. The normalized spacial score (nSPS) is 22.4. The molecule has 2 fully saturated rings. The number of nitrogens with one attached hydrogen (secondary N) is 1. The maximum absolute atomic E-state index is 6.40. The zero-order valence-corrected chi connectivity index (χ0v) is 13.1. The average molecular weight is 287 g/mol. The van der Waals surface area contributed by atoms with Gasteiger partial charge in [-0.3, -0.25) is 0 Å². The Bertz CT molecular complexity index is 439. The molecule has 1 aromatic heterocycles. The molecule has 3 nitrogen and oxygen atoms in total. The number of hydrogen-bond donors (Lipinski definition) is 2. The second-order valence-corrected chi connectivity index (χ2v) is 7.04. The molecule has 0 spiro atoms. The van der Waals surface area contributed by atoms with Crippen LogP contribution >= 0.6 is 0 Å². The first-order chi connectivity index (χ1) is 10.3. The Labute approximate surface area is 128 Å². The zero-order valence-electron chi connectivity index (χ0n) is 13.1. The van der Waals surface area contributed by atoms with Crippen LogP contribution in [0, 0.1) is 11.8 Å². The van der Waals surface area contributed by atoms with E-state index in [1.165, 1.54) is 51.4 Å². The number of hydrogen-bond acceptors (Lipinski definition) is 2. The van der Waals surface area contributed by atoms with Crippen LogP contribution in [0.3, 0.4) is 0 Å². The molecule has 1 unspecified atom stereocenters. The van der Waals surface area contributed by atoms with Crippen LogP contribution in [-0.4, -0.2) is 16.0 Å². The third-order valence-electron chi connectivity index (χ3n) is 5.13. The topological polar surface area (TPSA) is 54.7 Å². The first-order valence-electron chi connectivity index (χ1n) is 8.75. The Morgan fingerprint density at radius 2 is 2.10 bits per heavy atom. The number of allylic oxidation sites excluding steroid dienone is 1. The lowest BCUT2D eigenvalue weighted by Crippen LogP contribution is -2.24. The molecule has 1 aromatic rings. The van der Waals surface area contributed by atoms with Crippen LogP contribution in [0.1, 0.15) is 69.9 Å². The van der Waals surface area contributed by atoms with E-state index in [2.05, 4.69) is 16.0 Å². The molecular weight excluding hydrogens is 258 g/mol. The van der Waals surface area contributed by atoms with Crippen molar-refractivity contribution in [2.45, 2.75) is 70.3 Å². The average Bonchev–Trinajstić information content (AvgIpc) is 3.22. The van der Waals surface area contributed by atoms with E-state index in [1.807, 2.05) is 6.20 Å². The van der Waals surface area contributed by atoms with Crippen LogP contribution in [0.25, 0.3) is 6.08 Å². The predicted octanol–water partition coefficient (Wildman–Crippen LogP) is 4.28. The fourth-order valence-corrected chi connectivity index (χ4v) is 3.71. The van der Waals surface area contributed by atoms with Gasteiger partial charge in [0.25, 0.3) is 0 Å². The molecule has 3 N–H and O–H groups in total. The lowest BCUT2D eigenvalue weighted by Gasteiger charge is -2.24. The van der Waals surface area contributed by atoms with Crippen molar-refractivity contribution in [3.05, 3.63) is 23.8 Å². The van der Waals surface area contributed by atoms with Crippen LogP contribution in [0.2, 0.25) is 0 Å². The van der Waals surface area contributed by atoms with E-state index in [-0.39, 0.29) is 0 Å². The molecule has 21 heavy (non-hydrogen) atoms. The predicted molar refractivity (Wildman–Crippen MR) is 87.7 cm³/mol. The third kappa shape index (κ3) is 4.70. The number of aromatic nitrogens is 2. The maximum atomic E-state index is 6.40. The molecule has 1 heterocycles. The van der Waals surface area contributed by atoms with Gasteiger partial charge in [0.05, 0.1) is 18.2 Å². The molecule has 0 aliphatic heterocycles. The smallest absolute Gasteiger partial charge is 0.0924 e. The van der Waals surface area contributed by atoms with Crippen LogP contribution in [0.4, 0.5) is 0 Å². The summed E-state index contributed by atoms with van der Waals surface area (Å²) in [6.07, 6.45) is 19.3. The summed E-state index contributed by atoms with van der Waals surface area (Å²) in [4.78, 5) is 7.29. The van der Waals surface area contributed by atoms with Gasteiger partial charge >= 0.3 is 0 Å². The van der Waals surface area contributed by atoms with Gasteiger partial charge in [0.1, 0.15) is 0 Å². The standard InChI is InChI=1S/C18H29N3/c19-17(10-14-4-2-1-3-5-14)9-8-16(15-6-7-15)11-18-12-20-13-21-18/h11-15,17H,1-10,19H2,(H,20,21). The number of nitrogens with two attached hydrogens (primary N) is 1. The SMILES string of the molecule is NC(CCC(=Cc1cnc[nH]1)C1CC1)CC1CCCCC1. The van der Waals surface area contributed by atoms with Crippen molar-refractivity contribution in [2.75, 3.05) is 0 Å². The summed E-state index contributed by atoms with van der Waals surface area (Å²) in [5.41, 5.74) is 9.12. The summed E-state index contributed by atoms with van der Waals surface area (Å²) in [5, 5.41) is 0. The minimum Gasteiger partial charge on any atom is -0.345 e.